The molecular weight excluding hydrogens is 218 g/mol. The molecular formula is C12H19N3O2. The second-order valence-electron chi connectivity index (χ2n) is 4.85. The van der Waals surface area contributed by atoms with E-state index in [1.165, 1.54) is 6.42 Å². The molecule has 1 aliphatic rings. The number of carbonyl (C=O) groups excluding carboxylic acids is 1. The van der Waals surface area contributed by atoms with Crippen molar-refractivity contribution in [3.05, 3.63) is 11.8 Å². The molecule has 5 nitrogen and oxygen atoms in total. The normalized spacial score (nSPS) is 21.4. The molecule has 0 bridgehead atoms. The molecule has 1 aromatic rings. The molecule has 94 valence electrons. The number of aryl methyl sites for hydroxylation is 1. The van der Waals surface area contributed by atoms with Gasteiger partial charge in [0.2, 0.25) is 5.91 Å². The van der Waals surface area contributed by atoms with E-state index in [2.05, 4.69) is 22.4 Å². The van der Waals surface area contributed by atoms with Gasteiger partial charge < -0.3 is 14.7 Å². The van der Waals surface area contributed by atoms with Crippen LogP contribution in [0.3, 0.4) is 0 Å². The number of aromatic nitrogens is 1. The van der Waals surface area contributed by atoms with E-state index in [1.54, 1.807) is 13.0 Å². The van der Waals surface area contributed by atoms with Gasteiger partial charge >= 0.3 is 0 Å². The fourth-order valence-corrected chi connectivity index (χ4v) is 2.32. The number of rotatable bonds is 3. The topological polar surface area (TPSA) is 58.4 Å². The Balaban J connectivity index is 1.80. The third-order valence-corrected chi connectivity index (χ3v) is 3.09. The Hall–Kier alpha value is -1.36. The maximum absolute atomic E-state index is 11.8. The number of nitrogens with zero attached hydrogens (tertiary/aromatic N) is 2. The van der Waals surface area contributed by atoms with Gasteiger partial charge in [0.05, 0.1) is 0 Å². The molecule has 1 N–H and O–H groups in total. The summed E-state index contributed by atoms with van der Waals surface area (Å²) in [6, 6.07) is 1.73. The lowest BCUT2D eigenvalue weighted by atomic mass is 9.95. The van der Waals surface area contributed by atoms with Gasteiger partial charge in [0.15, 0.2) is 5.82 Å². The Morgan fingerprint density at radius 2 is 2.53 bits per heavy atom. The van der Waals surface area contributed by atoms with Crippen molar-refractivity contribution in [1.29, 1.82) is 0 Å². The van der Waals surface area contributed by atoms with E-state index >= 15 is 0 Å². The zero-order valence-corrected chi connectivity index (χ0v) is 10.4. The van der Waals surface area contributed by atoms with Gasteiger partial charge in [-0.3, -0.25) is 4.79 Å². The highest BCUT2D eigenvalue weighted by Gasteiger charge is 2.20. The Morgan fingerprint density at radius 1 is 1.71 bits per heavy atom. The van der Waals surface area contributed by atoms with Crippen molar-refractivity contribution in [2.45, 2.75) is 26.2 Å². The first-order valence-corrected chi connectivity index (χ1v) is 6.05. The van der Waals surface area contributed by atoms with E-state index in [-0.39, 0.29) is 5.91 Å². The summed E-state index contributed by atoms with van der Waals surface area (Å²) in [5, 5.41) is 6.51. The Morgan fingerprint density at radius 3 is 3.18 bits per heavy atom. The first kappa shape index (κ1) is 12.1. The van der Waals surface area contributed by atoms with Crippen LogP contribution < -0.4 is 5.32 Å². The second-order valence-corrected chi connectivity index (χ2v) is 4.85. The summed E-state index contributed by atoms with van der Waals surface area (Å²) in [4.78, 5) is 14.1. The average molecular weight is 237 g/mol. The largest absolute Gasteiger partial charge is 0.360 e. The summed E-state index contributed by atoms with van der Waals surface area (Å²) in [6.07, 6.45) is 2.88. The molecule has 1 atom stereocenters. The number of hydrogen-bond donors (Lipinski definition) is 1. The summed E-state index contributed by atoms with van der Waals surface area (Å²) in [5.41, 5.74) is 0. The van der Waals surface area contributed by atoms with Crippen molar-refractivity contribution >= 4 is 11.7 Å². The van der Waals surface area contributed by atoms with Gasteiger partial charge in [-0.1, -0.05) is 5.16 Å². The number of piperidine rings is 1. The highest BCUT2D eigenvalue weighted by atomic mass is 16.5. The molecule has 0 spiro atoms. The SMILES string of the molecule is Cc1cc(NC(=O)CC2CCCN(C)C2)no1. The lowest BCUT2D eigenvalue weighted by molar-refractivity contribution is -0.117. The average Bonchev–Trinajstić information content (AvgIpc) is 2.63. The molecule has 2 heterocycles. The van der Waals surface area contributed by atoms with Gasteiger partial charge in [-0.2, -0.15) is 0 Å². The molecule has 0 aromatic carbocycles. The van der Waals surface area contributed by atoms with Crippen molar-refractivity contribution in [2.24, 2.45) is 5.92 Å². The molecule has 2 rings (SSSR count). The molecule has 1 saturated heterocycles. The molecule has 1 amide bonds. The third kappa shape index (κ3) is 3.56. The molecule has 0 saturated carbocycles. The minimum absolute atomic E-state index is 0.0265. The monoisotopic (exact) mass is 237 g/mol. The maximum Gasteiger partial charge on any atom is 0.225 e. The number of nitrogens with one attached hydrogen (secondary N) is 1. The van der Waals surface area contributed by atoms with Crippen LogP contribution in [0.25, 0.3) is 0 Å². The minimum Gasteiger partial charge on any atom is -0.360 e. The quantitative estimate of drug-likeness (QED) is 0.868. The predicted molar refractivity (Wildman–Crippen MR) is 64.7 cm³/mol. The summed E-state index contributed by atoms with van der Waals surface area (Å²) in [6.45, 7) is 3.95. The van der Waals surface area contributed by atoms with E-state index in [9.17, 15) is 4.79 Å². The van der Waals surface area contributed by atoms with Gasteiger partial charge in [0.25, 0.3) is 0 Å². The van der Waals surface area contributed by atoms with Crippen molar-refractivity contribution in [3.8, 4) is 0 Å². The van der Waals surface area contributed by atoms with Crippen molar-refractivity contribution < 1.29 is 9.32 Å². The molecule has 0 aliphatic carbocycles. The van der Waals surface area contributed by atoms with Gasteiger partial charge in [-0.25, -0.2) is 0 Å². The van der Waals surface area contributed by atoms with Crippen molar-refractivity contribution in [3.63, 3.8) is 0 Å². The predicted octanol–water partition coefficient (Wildman–Crippen LogP) is 1.65. The van der Waals surface area contributed by atoms with Crippen molar-refractivity contribution in [2.75, 3.05) is 25.5 Å². The Labute approximate surface area is 101 Å². The highest BCUT2D eigenvalue weighted by molar-refractivity contribution is 5.89. The van der Waals surface area contributed by atoms with Gasteiger partial charge in [-0.15, -0.1) is 0 Å². The summed E-state index contributed by atoms with van der Waals surface area (Å²) in [7, 11) is 2.10. The number of anilines is 1. The van der Waals surface area contributed by atoms with E-state index in [4.69, 9.17) is 4.52 Å². The fourth-order valence-electron chi connectivity index (χ4n) is 2.32. The number of carbonyl (C=O) groups is 1. The van der Waals surface area contributed by atoms with Crippen LogP contribution in [0.2, 0.25) is 0 Å². The van der Waals surface area contributed by atoms with Gasteiger partial charge in [-0.05, 0) is 39.3 Å². The molecule has 17 heavy (non-hydrogen) atoms. The molecule has 1 unspecified atom stereocenters. The number of hydrogen-bond acceptors (Lipinski definition) is 4. The lowest BCUT2D eigenvalue weighted by Crippen LogP contribution is -2.34. The second kappa shape index (κ2) is 5.31. The Kier molecular flexibility index (Phi) is 3.78. The summed E-state index contributed by atoms with van der Waals surface area (Å²) < 4.78 is 4.90. The summed E-state index contributed by atoms with van der Waals surface area (Å²) in [5.74, 6) is 1.70. The van der Waals surface area contributed by atoms with Gasteiger partial charge in [0, 0.05) is 19.0 Å². The van der Waals surface area contributed by atoms with E-state index in [0.29, 0.717) is 23.9 Å². The van der Waals surface area contributed by atoms with Crippen molar-refractivity contribution in [1.82, 2.24) is 10.1 Å². The van der Waals surface area contributed by atoms with Crippen LogP contribution in [0.1, 0.15) is 25.0 Å². The first-order chi connectivity index (χ1) is 8.13. The smallest absolute Gasteiger partial charge is 0.225 e. The number of likely N-dealkylation sites (tertiary alicyclic amines) is 1. The van der Waals surface area contributed by atoms with Crippen LogP contribution >= 0.6 is 0 Å². The standard InChI is InChI=1S/C12H19N3O2/c1-9-6-11(14-17-9)13-12(16)7-10-4-3-5-15(2)8-10/h6,10H,3-5,7-8H2,1-2H3,(H,13,14,16). The van der Waals surface area contributed by atoms with E-state index < -0.39 is 0 Å². The van der Waals surface area contributed by atoms with Gasteiger partial charge in [0.1, 0.15) is 5.76 Å². The third-order valence-electron chi connectivity index (χ3n) is 3.09. The highest BCUT2D eigenvalue weighted by Crippen LogP contribution is 2.19. The minimum atomic E-state index is 0.0265. The van der Waals surface area contributed by atoms with Crippen LogP contribution in [-0.2, 0) is 4.79 Å². The van der Waals surface area contributed by atoms with Crippen LogP contribution in [0.4, 0.5) is 5.82 Å². The molecule has 0 radical (unpaired) electrons. The zero-order chi connectivity index (χ0) is 12.3. The maximum atomic E-state index is 11.8. The fraction of sp³-hybridized carbons (Fsp3) is 0.667. The molecule has 1 aliphatic heterocycles. The van der Waals surface area contributed by atoms with Crippen LogP contribution in [-0.4, -0.2) is 36.1 Å². The number of amides is 1. The summed E-state index contributed by atoms with van der Waals surface area (Å²) >= 11 is 0. The Bertz CT molecular complexity index is 389. The van der Waals surface area contributed by atoms with Crippen LogP contribution in [0.15, 0.2) is 10.6 Å². The lowest BCUT2D eigenvalue weighted by Gasteiger charge is -2.29. The van der Waals surface area contributed by atoms with Crippen LogP contribution in [0.5, 0.6) is 0 Å². The first-order valence-electron chi connectivity index (χ1n) is 6.05. The molecule has 1 aromatic heterocycles. The molecule has 1 fully saturated rings. The van der Waals surface area contributed by atoms with Crippen LogP contribution in [0, 0.1) is 12.8 Å². The molecule has 5 heteroatoms. The zero-order valence-electron chi connectivity index (χ0n) is 10.4. The van der Waals surface area contributed by atoms with E-state index in [1.807, 2.05) is 0 Å². The van der Waals surface area contributed by atoms with E-state index in [0.717, 1.165) is 19.5 Å².